The monoisotopic (exact) mass is 381 g/mol. The number of amides is 2. The molecule has 7 nitrogen and oxygen atoms in total. The van der Waals surface area contributed by atoms with E-state index in [0.717, 1.165) is 42.1 Å². The van der Waals surface area contributed by atoms with Crippen LogP contribution in [0.3, 0.4) is 0 Å². The summed E-state index contributed by atoms with van der Waals surface area (Å²) in [5.74, 6) is 0.616. The van der Waals surface area contributed by atoms with E-state index in [2.05, 4.69) is 11.4 Å². The van der Waals surface area contributed by atoms with Crippen LogP contribution in [0.5, 0.6) is 0 Å². The second-order valence-electron chi connectivity index (χ2n) is 8.44. The number of carbonyl (C=O) groups is 3. The Balaban J connectivity index is 1.64. The van der Waals surface area contributed by atoms with Crippen LogP contribution in [0.1, 0.15) is 49.6 Å². The van der Waals surface area contributed by atoms with Gasteiger partial charge in [-0.1, -0.05) is 12.1 Å². The van der Waals surface area contributed by atoms with Gasteiger partial charge in [0.15, 0.2) is 0 Å². The summed E-state index contributed by atoms with van der Waals surface area (Å²) in [5.41, 5.74) is 2.43. The van der Waals surface area contributed by atoms with Gasteiger partial charge in [-0.05, 0) is 55.1 Å². The number of fused-ring (bicyclic) bond motifs is 2. The summed E-state index contributed by atoms with van der Waals surface area (Å²) in [6.07, 6.45) is 4.72. The number of aromatic nitrogens is 2. The van der Waals surface area contributed by atoms with Gasteiger partial charge in [0.05, 0.1) is 11.0 Å². The largest absolute Gasteiger partial charge is 0.329 e. The molecule has 2 aliphatic carbocycles. The smallest absolute Gasteiger partial charge is 0.303 e. The predicted molar refractivity (Wildman–Crippen MR) is 102 cm³/mol. The van der Waals surface area contributed by atoms with Gasteiger partial charge in [0.1, 0.15) is 12.3 Å². The fourth-order valence-electron chi connectivity index (χ4n) is 5.74. The van der Waals surface area contributed by atoms with Crippen LogP contribution in [0.25, 0.3) is 11.0 Å². The number of aryl methyl sites for hydroxylation is 1. The lowest BCUT2D eigenvalue weighted by Crippen LogP contribution is -2.44. The third kappa shape index (κ3) is 2.28. The second kappa shape index (κ2) is 6.15. The van der Waals surface area contributed by atoms with E-state index in [4.69, 9.17) is 0 Å². The van der Waals surface area contributed by atoms with Crippen molar-refractivity contribution in [3.8, 4) is 0 Å². The lowest BCUT2D eigenvalue weighted by atomic mass is 9.69. The molecule has 0 spiro atoms. The number of imide groups is 1. The van der Waals surface area contributed by atoms with Crippen molar-refractivity contribution in [2.24, 2.45) is 24.8 Å². The standard InChI is InChI=1S/C21H23N3O4/c1-23-19-14(15-9-11(10-25)12-5-6-13(12)15)3-2-4-16(19)24(21(23)28)17-7-8-18(26)22-20(17)27/h2-4,10-13,15,17H,5-9H2,1H3,(H,22,26,27)/t11-,12?,13+,15?,17?/m0/s1. The third-order valence-electron chi connectivity index (χ3n) is 7.21. The average molecular weight is 381 g/mol. The SMILES string of the molecule is Cn1c(=O)n(C2CCC(=O)NC2=O)c2cccc(C3C[C@@H](C=O)C4CC[C@@H]34)c21. The van der Waals surface area contributed by atoms with Crippen LogP contribution < -0.4 is 11.0 Å². The third-order valence-corrected chi connectivity index (χ3v) is 7.21. The summed E-state index contributed by atoms with van der Waals surface area (Å²) in [4.78, 5) is 48.5. The molecule has 2 saturated carbocycles. The van der Waals surface area contributed by atoms with Crippen LogP contribution >= 0.6 is 0 Å². The van der Waals surface area contributed by atoms with Crippen molar-refractivity contribution >= 4 is 29.1 Å². The number of benzene rings is 1. The predicted octanol–water partition coefficient (Wildman–Crippen LogP) is 1.65. The first-order valence-corrected chi connectivity index (χ1v) is 10.00. The van der Waals surface area contributed by atoms with Gasteiger partial charge in [0.25, 0.3) is 0 Å². The van der Waals surface area contributed by atoms with Crippen molar-refractivity contribution in [1.29, 1.82) is 0 Å². The number of carbonyl (C=O) groups excluding carboxylic acids is 3. The van der Waals surface area contributed by atoms with Gasteiger partial charge < -0.3 is 4.79 Å². The van der Waals surface area contributed by atoms with E-state index in [1.165, 1.54) is 4.57 Å². The van der Waals surface area contributed by atoms with Crippen LogP contribution in [0.4, 0.5) is 0 Å². The normalized spacial score (nSPS) is 32.1. The van der Waals surface area contributed by atoms with Crippen molar-refractivity contribution in [2.45, 2.75) is 44.1 Å². The molecule has 1 aromatic heterocycles. The minimum absolute atomic E-state index is 0.105. The summed E-state index contributed by atoms with van der Waals surface area (Å²) >= 11 is 0. The molecule has 5 rings (SSSR count). The van der Waals surface area contributed by atoms with E-state index in [9.17, 15) is 19.2 Å². The highest BCUT2D eigenvalue weighted by Gasteiger charge is 2.49. The molecular weight excluding hydrogens is 358 g/mol. The molecule has 0 radical (unpaired) electrons. The Kier molecular flexibility index (Phi) is 3.82. The first-order valence-electron chi connectivity index (χ1n) is 10.00. The molecule has 1 N–H and O–H groups in total. The molecular formula is C21H23N3O4. The maximum Gasteiger partial charge on any atom is 0.329 e. The highest BCUT2D eigenvalue weighted by Crippen LogP contribution is 2.57. The number of piperidine rings is 1. The van der Waals surface area contributed by atoms with E-state index in [-0.39, 0.29) is 29.9 Å². The van der Waals surface area contributed by atoms with Crippen LogP contribution in [-0.2, 0) is 21.4 Å². The fraction of sp³-hybridized carbons (Fsp3) is 0.524. The number of hydrogen-bond acceptors (Lipinski definition) is 4. The molecule has 3 unspecified atom stereocenters. The molecule has 1 aromatic carbocycles. The number of nitrogens with one attached hydrogen (secondary N) is 1. The first-order chi connectivity index (χ1) is 13.5. The molecule has 2 heterocycles. The van der Waals surface area contributed by atoms with Crippen molar-refractivity contribution in [2.75, 3.05) is 0 Å². The van der Waals surface area contributed by atoms with Crippen LogP contribution in [0.15, 0.2) is 23.0 Å². The summed E-state index contributed by atoms with van der Waals surface area (Å²) in [6, 6.07) is 5.19. The molecule has 5 atom stereocenters. The van der Waals surface area contributed by atoms with Gasteiger partial charge in [-0.25, -0.2) is 4.79 Å². The van der Waals surface area contributed by atoms with Crippen LogP contribution in [0, 0.1) is 17.8 Å². The van der Waals surface area contributed by atoms with Gasteiger partial charge in [-0.2, -0.15) is 0 Å². The number of rotatable bonds is 3. The average Bonchev–Trinajstić information content (AvgIpc) is 3.05. The Morgan fingerprint density at radius 2 is 1.89 bits per heavy atom. The molecule has 146 valence electrons. The van der Waals surface area contributed by atoms with Gasteiger partial charge in [-0.15, -0.1) is 0 Å². The number of imidazole rings is 1. The molecule has 2 amide bonds. The molecule has 2 aromatic rings. The Morgan fingerprint density at radius 1 is 1.11 bits per heavy atom. The van der Waals surface area contributed by atoms with E-state index in [0.29, 0.717) is 18.3 Å². The Labute approximate surface area is 161 Å². The van der Waals surface area contributed by atoms with E-state index >= 15 is 0 Å². The molecule has 7 heteroatoms. The minimum Gasteiger partial charge on any atom is -0.303 e. The summed E-state index contributed by atoms with van der Waals surface area (Å²) in [5, 5.41) is 2.35. The molecule has 0 bridgehead atoms. The Morgan fingerprint density at radius 3 is 2.54 bits per heavy atom. The fourth-order valence-corrected chi connectivity index (χ4v) is 5.74. The van der Waals surface area contributed by atoms with E-state index in [1.54, 1.807) is 11.6 Å². The minimum atomic E-state index is -0.674. The Hall–Kier alpha value is -2.70. The summed E-state index contributed by atoms with van der Waals surface area (Å²) in [6.45, 7) is 0. The van der Waals surface area contributed by atoms with E-state index in [1.807, 2.05) is 12.1 Å². The van der Waals surface area contributed by atoms with Crippen LogP contribution in [0.2, 0.25) is 0 Å². The topological polar surface area (TPSA) is 90.2 Å². The van der Waals surface area contributed by atoms with Gasteiger partial charge in [0, 0.05) is 19.4 Å². The lowest BCUT2D eigenvalue weighted by Gasteiger charge is -2.35. The van der Waals surface area contributed by atoms with Gasteiger partial charge in [-0.3, -0.25) is 24.0 Å². The molecule has 1 saturated heterocycles. The summed E-state index contributed by atoms with van der Waals surface area (Å²) in [7, 11) is 1.74. The zero-order chi connectivity index (χ0) is 19.6. The highest BCUT2D eigenvalue weighted by atomic mass is 16.2. The quantitative estimate of drug-likeness (QED) is 0.647. The van der Waals surface area contributed by atoms with E-state index < -0.39 is 11.9 Å². The Bertz CT molecular complexity index is 1070. The first kappa shape index (κ1) is 17.4. The maximum absolute atomic E-state index is 13.1. The van der Waals surface area contributed by atoms with Crippen molar-refractivity contribution in [3.63, 3.8) is 0 Å². The maximum atomic E-state index is 13.1. The second-order valence-corrected chi connectivity index (χ2v) is 8.44. The molecule has 28 heavy (non-hydrogen) atoms. The zero-order valence-electron chi connectivity index (χ0n) is 15.8. The number of para-hydroxylation sites is 1. The zero-order valence-corrected chi connectivity index (χ0v) is 15.8. The number of nitrogens with zero attached hydrogens (tertiary/aromatic N) is 2. The summed E-state index contributed by atoms with van der Waals surface area (Å²) < 4.78 is 3.15. The van der Waals surface area contributed by atoms with Crippen molar-refractivity contribution in [3.05, 3.63) is 34.2 Å². The number of aldehydes is 1. The number of hydrogen-bond donors (Lipinski definition) is 1. The molecule has 3 fully saturated rings. The van der Waals surface area contributed by atoms with Crippen LogP contribution in [-0.4, -0.2) is 27.2 Å². The highest BCUT2D eigenvalue weighted by molar-refractivity contribution is 6.00. The van der Waals surface area contributed by atoms with Gasteiger partial charge in [0.2, 0.25) is 11.8 Å². The lowest BCUT2D eigenvalue weighted by molar-refractivity contribution is -0.135. The van der Waals surface area contributed by atoms with Crippen molar-refractivity contribution < 1.29 is 14.4 Å². The van der Waals surface area contributed by atoms with Gasteiger partial charge >= 0.3 is 5.69 Å². The van der Waals surface area contributed by atoms with Crippen molar-refractivity contribution in [1.82, 2.24) is 14.5 Å². The molecule has 3 aliphatic rings. The molecule has 1 aliphatic heterocycles.